The van der Waals surface area contributed by atoms with Crippen LogP contribution in [0.4, 0.5) is 0 Å². The first kappa shape index (κ1) is 19.2. The van der Waals surface area contributed by atoms with Gasteiger partial charge in [-0.15, -0.1) is 0 Å². The van der Waals surface area contributed by atoms with Crippen LogP contribution in [0.2, 0.25) is 0 Å². The molecule has 1 aliphatic carbocycles. The molecule has 0 radical (unpaired) electrons. The number of aryl methyl sites for hydroxylation is 1. The van der Waals surface area contributed by atoms with Crippen molar-refractivity contribution in [2.24, 2.45) is 4.99 Å². The van der Waals surface area contributed by atoms with E-state index < -0.39 is 11.9 Å². The van der Waals surface area contributed by atoms with Crippen molar-refractivity contribution in [1.29, 1.82) is 0 Å². The predicted octanol–water partition coefficient (Wildman–Crippen LogP) is 2.13. The summed E-state index contributed by atoms with van der Waals surface area (Å²) in [6, 6.07) is 6.85. The summed E-state index contributed by atoms with van der Waals surface area (Å²) < 4.78 is 5.29. The molecule has 2 aliphatic rings. The van der Waals surface area contributed by atoms with Crippen LogP contribution < -0.4 is 10.1 Å². The Morgan fingerprint density at radius 2 is 2.00 bits per heavy atom. The largest absolute Gasteiger partial charge is 0.497 e. The average molecular weight is 358 g/mol. The van der Waals surface area contributed by atoms with E-state index in [9.17, 15) is 9.59 Å². The molecule has 3 rings (SSSR count). The molecule has 1 aromatic carbocycles. The highest BCUT2D eigenvalue weighted by atomic mass is 16.5. The van der Waals surface area contributed by atoms with Crippen molar-refractivity contribution in [2.45, 2.75) is 25.3 Å². The summed E-state index contributed by atoms with van der Waals surface area (Å²) in [6.07, 6.45) is 8.66. The standard InChI is InChI=1S/C15H18N2O.C4H4O4/c1-18-15-5-4-12-3-2-11(6-13(12)8-15)7-14-9-16-10-17-14;5-3(6)1-2-4(7)8/h4-6,8,10,14H,2-3,7,9H2,1H3,(H,16,17);1-2H,(H,5,6)(H,7,8). The summed E-state index contributed by atoms with van der Waals surface area (Å²) in [5, 5.41) is 18.9. The molecule has 0 aromatic heterocycles. The Kier molecular flexibility index (Phi) is 6.96. The van der Waals surface area contributed by atoms with Gasteiger partial charge in [0.15, 0.2) is 0 Å². The van der Waals surface area contributed by atoms with Gasteiger partial charge in [-0.3, -0.25) is 4.99 Å². The fourth-order valence-electron chi connectivity index (χ4n) is 2.78. The lowest BCUT2D eigenvalue weighted by Gasteiger charge is -2.19. The molecule has 1 aromatic rings. The van der Waals surface area contributed by atoms with E-state index in [-0.39, 0.29) is 0 Å². The van der Waals surface area contributed by atoms with Crippen molar-refractivity contribution in [3.05, 3.63) is 47.1 Å². The Labute approximate surface area is 151 Å². The lowest BCUT2D eigenvalue weighted by molar-refractivity contribution is -0.134. The van der Waals surface area contributed by atoms with E-state index in [2.05, 4.69) is 28.5 Å². The Hall–Kier alpha value is -3.09. The minimum atomic E-state index is -1.26. The van der Waals surface area contributed by atoms with Crippen LogP contribution in [0.15, 0.2) is 40.9 Å². The fraction of sp³-hybridized carbons (Fsp3) is 0.316. The summed E-state index contributed by atoms with van der Waals surface area (Å²) in [6.45, 7) is 0.905. The number of methoxy groups -OCH3 is 1. The summed E-state index contributed by atoms with van der Waals surface area (Å²) in [5.41, 5.74) is 4.25. The zero-order chi connectivity index (χ0) is 18.9. The van der Waals surface area contributed by atoms with Crippen molar-refractivity contribution in [2.75, 3.05) is 13.7 Å². The van der Waals surface area contributed by atoms with Crippen LogP contribution in [0.5, 0.6) is 5.75 Å². The monoisotopic (exact) mass is 358 g/mol. The molecule has 1 atom stereocenters. The molecule has 0 saturated carbocycles. The first-order chi connectivity index (χ1) is 12.5. The molecule has 138 valence electrons. The van der Waals surface area contributed by atoms with E-state index in [0.717, 1.165) is 31.6 Å². The molecule has 1 heterocycles. The van der Waals surface area contributed by atoms with Gasteiger partial charge in [-0.1, -0.05) is 17.7 Å². The number of ether oxygens (including phenoxy) is 1. The molecule has 0 saturated heterocycles. The topological polar surface area (TPSA) is 108 Å². The molecule has 0 fully saturated rings. The predicted molar refractivity (Wildman–Crippen MR) is 98.6 cm³/mol. The molecular formula is C19H22N2O5. The molecule has 7 heteroatoms. The van der Waals surface area contributed by atoms with Crippen molar-refractivity contribution in [1.82, 2.24) is 5.32 Å². The van der Waals surface area contributed by atoms with Crippen molar-refractivity contribution in [3.8, 4) is 5.75 Å². The normalized spacial score (nSPS) is 17.6. The molecule has 1 aliphatic heterocycles. The van der Waals surface area contributed by atoms with E-state index in [1.807, 2.05) is 12.4 Å². The van der Waals surface area contributed by atoms with E-state index in [1.165, 1.54) is 16.7 Å². The molecule has 0 amide bonds. The molecule has 7 nitrogen and oxygen atoms in total. The van der Waals surface area contributed by atoms with Crippen LogP contribution in [-0.4, -0.2) is 48.2 Å². The van der Waals surface area contributed by atoms with Crippen LogP contribution >= 0.6 is 0 Å². The number of carboxylic acid groups (broad SMARTS) is 2. The number of carboxylic acids is 2. The minimum absolute atomic E-state index is 0.489. The Bertz CT molecular complexity index is 728. The number of nitrogens with zero attached hydrogens (tertiary/aromatic N) is 1. The van der Waals surface area contributed by atoms with E-state index in [1.54, 1.807) is 7.11 Å². The van der Waals surface area contributed by atoms with Gasteiger partial charge in [0.2, 0.25) is 0 Å². The highest BCUT2D eigenvalue weighted by Gasteiger charge is 2.16. The molecule has 0 spiro atoms. The van der Waals surface area contributed by atoms with Gasteiger partial charge in [-0.25, -0.2) is 9.59 Å². The number of fused-ring (bicyclic) bond motifs is 1. The number of aliphatic imine (C=N–C) groups is 1. The zero-order valence-corrected chi connectivity index (χ0v) is 14.5. The van der Waals surface area contributed by atoms with Gasteiger partial charge in [0, 0.05) is 12.2 Å². The first-order valence-electron chi connectivity index (χ1n) is 8.22. The number of hydrogen-bond acceptors (Lipinski definition) is 5. The number of benzene rings is 1. The Morgan fingerprint density at radius 1 is 1.27 bits per heavy atom. The third-order valence-corrected chi connectivity index (χ3v) is 4.03. The number of aliphatic carboxylic acids is 2. The van der Waals surface area contributed by atoms with Crippen molar-refractivity contribution < 1.29 is 24.5 Å². The van der Waals surface area contributed by atoms with Crippen LogP contribution in [0.1, 0.15) is 24.0 Å². The number of carbonyl (C=O) groups is 2. The molecule has 26 heavy (non-hydrogen) atoms. The van der Waals surface area contributed by atoms with Crippen molar-refractivity contribution >= 4 is 24.4 Å². The van der Waals surface area contributed by atoms with E-state index >= 15 is 0 Å². The number of rotatable bonds is 5. The second-order valence-corrected chi connectivity index (χ2v) is 5.94. The van der Waals surface area contributed by atoms with E-state index in [0.29, 0.717) is 18.2 Å². The Balaban J connectivity index is 0.000000260. The van der Waals surface area contributed by atoms with Gasteiger partial charge in [0.1, 0.15) is 5.75 Å². The fourth-order valence-corrected chi connectivity index (χ4v) is 2.78. The van der Waals surface area contributed by atoms with Crippen LogP contribution in [-0.2, 0) is 16.0 Å². The highest BCUT2D eigenvalue weighted by Crippen LogP contribution is 2.29. The summed E-state index contributed by atoms with van der Waals surface area (Å²) in [4.78, 5) is 23.3. The van der Waals surface area contributed by atoms with Crippen LogP contribution in [0, 0.1) is 0 Å². The lowest BCUT2D eigenvalue weighted by Crippen LogP contribution is -2.25. The minimum Gasteiger partial charge on any atom is -0.497 e. The van der Waals surface area contributed by atoms with Crippen LogP contribution in [0.25, 0.3) is 6.08 Å². The van der Waals surface area contributed by atoms with Gasteiger partial charge in [-0.05, 0) is 42.5 Å². The van der Waals surface area contributed by atoms with Gasteiger partial charge in [-0.2, -0.15) is 0 Å². The third kappa shape index (κ3) is 6.08. The van der Waals surface area contributed by atoms with Gasteiger partial charge in [0.05, 0.1) is 26.0 Å². The summed E-state index contributed by atoms with van der Waals surface area (Å²) >= 11 is 0. The number of hydrogen-bond donors (Lipinski definition) is 3. The maximum atomic E-state index is 9.55. The Morgan fingerprint density at radius 3 is 2.58 bits per heavy atom. The average Bonchev–Trinajstić information content (AvgIpc) is 3.13. The quantitative estimate of drug-likeness (QED) is 0.696. The smallest absolute Gasteiger partial charge is 0.328 e. The second-order valence-electron chi connectivity index (χ2n) is 5.94. The third-order valence-electron chi connectivity index (χ3n) is 4.03. The molecule has 1 unspecified atom stereocenters. The maximum Gasteiger partial charge on any atom is 0.328 e. The van der Waals surface area contributed by atoms with E-state index in [4.69, 9.17) is 14.9 Å². The molecule has 0 bridgehead atoms. The summed E-state index contributed by atoms with van der Waals surface area (Å²) in [5.74, 6) is -1.58. The highest BCUT2D eigenvalue weighted by molar-refractivity contribution is 5.89. The van der Waals surface area contributed by atoms with Crippen molar-refractivity contribution in [3.63, 3.8) is 0 Å². The second kappa shape index (κ2) is 9.41. The first-order valence-corrected chi connectivity index (χ1v) is 8.22. The van der Waals surface area contributed by atoms with Gasteiger partial charge < -0.3 is 20.3 Å². The summed E-state index contributed by atoms with van der Waals surface area (Å²) in [7, 11) is 1.72. The maximum absolute atomic E-state index is 9.55. The SMILES string of the molecule is COc1ccc2c(c1)C=C(CC1CN=CN1)CC2.O=C(O)C=CC(=O)O. The molecule has 3 N–H and O–H groups in total. The van der Waals surface area contributed by atoms with Crippen LogP contribution in [0.3, 0.4) is 0 Å². The van der Waals surface area contributed by atoms with Gasteiger partial charge in [0.25, 0.3) is 0 Å². The lowest BCUT2D eigenvalue weighted by atomic mass is 9.89. The zero-order valence-electron chi connectivity index (χ0n) is 14.5. The van der Waals surface area contributed by atoms with Gasteiger partial charge >= 0.3 is 11.9 Å². The number of nitrogens with one attached hydrogen (secondary N) is 1. The molecular weight excluding hydrogens is 336 g/mol.